The zero-order chi connectivity index (χ0) is 13.6. The van der Waals surface area contributed by atoms with Crippen LogP contribution < -0.4 is 0 Å². The molecule has 1 N–H and O–H groups in total. The van der Waals surface area contributed by atoms with E-state index in [1.54, 1.807) is 24.3 Å². The van der Waals surface area contributed by atoms with Crippen LogP contribution in [-0.4, -0.2) is 25.4 Å². The number of aliphatic hydroxyl groups excluding tert-OH is 1. The summed E-state index contributed by atoms with van der Waals surface area (Å²) in [5, 5.41) is 9.75. The third kappa shape index (κ3) is 4.78. The van der Waals surface area contributed by atoms with E-state index in [-0.39, 0.29) is 5.75 Å². The average molecular weight is 270 g/mol. The van der Waals surface area contributed by atoms with Crippen molar-refractivity contribution in [2.75, 3.05) is 5.75 Å². The second kappa shape index (κ2) is 6.90. The van der Waals surface area contributed by atoms with E-state index in [4.69, 9.17) is 0 Å². The van der Waals surface area contributed by atoms with E-state index < -0.39 is 15.9 Å². The van der Waals surface area contributed by atoms with Gasteiger partial charge in [0.1, 0.15) is 0 Å². The molecule has 102 valence electrons. The van der Waals surface area contributed by atoms with Crippen LogP contribution in [0.2, 0.25) is 0 Å². The van der Waals surface area contributed by atoms with Crippen LogP contribution in [0.15, 0.2) is 29.2 Å². The Morgan fingerprint density at radius 2 is 1.78 bits per heavy atom. The zero-order valence-corrected chi connectivity index (χ0v) is 11.9. The number of sulfone groups is 1. The maximum Gasteiger partial charge on any atom is 0.180 e. The SMILES string of the molecule is CCCCCC(O)CS(=O)(=O)c1ccc(C)cc1. The van der Waals surface area contributed by atoms with E-state index in [1.807, 2.05) is 6.92 Å². The van der Waals surface area contributed by atoms with Crippen molar-refractivity contribution < 1.29 is 13.5 Å². The van der Waals surface area contributed by atoms with Crippen molar-refractivity contribution in [1.29, 1.82) is 0 Å². The van der Waals surface area contributed by atoms with E-state index in [1.165, 1.54) is 0 Å². The maximum absolute atomic E-state index is 12.0. The molecule has 0 aliphatic carbocycles. The summed E-state index contributed by atoms with van der Waals surface area (Å²) in [4.78, 5) is 0.294. The fraction of sp³-hybridized carbons (Fsp3) is 0.571. The minimum absolute atomic E-state index is 0.181. The van der Waals surface area contributed by atoms with Crippen molar-refractivity contribution in [2.45, 2.75) is 50.5 Å². The van der Waals surface area contributed by atoms with Crippen LogP contribution in [0, 0.1) is 6.92 Å². The maximum atomic E-state index is 12.0. The van der Waals surface area contributed by atoms with Crippen LogP contribution in [0.4, 0.5) is 0 Å². The summed E-state index contributed by atoms with van der Waals surface area (Å²) >= 11 is 0. The van der Waals surface area contributed by atoms with Gasteiger partial charge in [0.05, 0.1) is 16.8 Å². The molecule has 0 aliphatic heterocycles. The number of aryl methyl sites for hydroxylation is 1. The van der Waals surface area contributed by atoms with E-state index in [9.17, 15) is 13.5 Å². The first-order valence-corrected chi connectivity index (χ1v) is 8.08. The summed E-state index contributed by atoms with van der Waals surface area (Å²) in [7, 11) is -3.36. The van der Waals surface area contributed by atoms with Crippen LogP contribution in [0.3, 0.4) is 0 Å². The minimum Gasteiger partial charge on any atom is -0.392 e. The Balaban J connectivity index is 2.61. The lowest BCUT2D eigenvalue weighted by molar-refractivity contribution is 0.183. The van der Waals surface area contributed by atoms with Gasteiger partial charge in [0.2, 0.25) is 0 Å². The molecule has 1 aromatic rings. The monoisotopic (exact) mass is 270 g/mol. The lowest BCUT2D eigenvalue weighted by Gasteiger charge is -2.11. The van der Waals surface area contributed by atoms with Crippen molar-refractivity contribution in [3.05, 3.63) is 29.8 Å². The van der Waals surface area contributed by atoms with Crippen LogP contribution in [0.5, 0.6) is 0 Å². The average Bonchev–Trinajstić information content (AvgIpc) is 2.29. The highest BCUT2D eigenvalue weighted by atomic mass is 32.2. The van der Waals surface area contributed by atoms with E-state index in [0.717, 1.165) is 24.8 Å². The first-order valence-electron chi connectivity index (χ1n) is 6.43. The zero-order valence-electron chi connectivity index (χ0n) is 11.1. The normalized spacial score (nSPS) is 13.5. The molecule has 0 aliphatic rings. The van der Waals surface area contributed by atoms with Gasteiger partial charge in [-0.3, -0.25) is 0 Å². The molecular weight excluding hydrogens is 248 g/mol. The van der Waals surface area contributed by atoms with Gasteiger partial charge in [0.15, 0.2) is 9.84 Å². The smallest absolute Gasteiger partial charge is 0.180 e. The van der Waals surface area contributed by atoms with E-state index in [0.29, 0.717) is 11.3 Å². The highest BCUT2D eigenvalue weighted by Crippen LogP contribution is 2.15. The molecule has 3 nitrogen and oxygen atoms in total. The van der Waals surface area contributed by atoms with Crippen molar-refractivity contribution in [3.63, 3.8) is 0 Å². The summed E-state index contributed by atoms with van der Waals surface area (Å²) in [5.74, 6) is -0.181. The Labute approximate surface area is 110 Å². The molecule has 0 saturated carbocycles. The van der Waals surface area contributed by atoms with Gasteiger partial charge in [-0.05, 0) is 25.5 Å². The molecule has 18 heavy (non-hydrogen) atoms. The number of benzene rings is 1. The Morgan fingerprint density at radius 1 is 1.17 bits per heavy atom. The van der Waals surface area contributed by atoms with Gasteiger partial charge >= 0.3 is 0 Å². The Kier molecular flexibility index (Phi) is 5.82. The number of hydrogen-bond donors (Lipinski definition) is 1. The molecule has 1 aromatic carbocycles. The lowest BCUT2D eigenvalue weighted by atomic mass is 10.1. The molecule has 1 rings (SSSR count). The third-order valence-corrected chi connectivity index (χ3v) is 4.75. The Bertz CT molecular complexity index is 448. The van der Waals surface area contributed by atoms with Crippen LogP contribution >= 0.6 is 0 Å². The van der Waals surface area contributed by atoms with Gasteiger partial charge in [-0.2, -0.15) is 0 Å². The summed E-state index contributed by atoms with van der Waals surface area (Å²) < 4.78 is 24.1. The number of unbranched alkanes of at least 4 members (excludes halogenated alkanes) is 2. The molecule has 0 heterocycles. The molecule has 0 aromatic heterocycles. The molecular formula is C14H22O3S. The van der Waals surface area contributed by atoms with Crippen molar-refractivity contribution >= 4 is 9.84 Å². The van der Waals surface area contributed by atoms with E-state index >= 15 is 0 Å². The third-order valence-electron chi connectivity index (χ3n) is 2.93. The molecule has 0 bridgehead atoms. The predicted octanol–water partition coefficient (Wildman–Crippen LogP) is 2.71. The Morgan fingerprint density at radius 3 is 2.33 bits per heavy atom. The molecule has 4 heteroatoms. The highest BCUT2D eigenvalue weighted by Gasteiger charge is 2.19. The van der Waals surface area contributed by atoms with Crippen LogP contribution in [-0.2, 0) is 9.84 Å². The van der Waals surface area contributed by atoms with Crippen LogP contribution in [0.25, 0.3) is 0 Å². The van der Waals surface area contributed by atoms with Crippen molar-refractivity contribution in [2.24, 2.45) is 0 Å². The van der Waals surface area contributed by atoms with Gasteiger partial charge in [0.25, 0.3) is 0 Å². The van der Waals surface area contributed by atoms with Gasteiger partial charge < -0.3 is 5.11 Å². The summed E-state index contributed by atoms with van der Waals surface area (Å²) in [5.41, 5.74) is 1.03. The molecule has 0 radical (unpaired) electrons. The molecule has 0 amide bonds. The van der Waals surface area contributed by atoms with Crippen molar-refractivity contribution in [3.8, 4) is 0 Å². The molecule has 0 saturated heterocycles. The summed E-state index contributed by atoms with van der Waals surface area (Å²) in [6, 6.07) is 6.75. The quantitative estimate of drug-likeness (QED) is 0.775. The number of hydrogen-bond acceptors (Lipinski definition) is 3. The topological polar surface area (TPSA) is 54.4 Å². The van der Waals surface area contributed by atoms with Gasteiger partial charge in [-0.1, -0.05) is 43.9 Å². The molecule has 0 fully saturated rings. The van der Waals surface area contributed by atoms with Crippen molar-refractivity contribution in [1.82, 2.24) is 0 Å². The Hall–Kier alpha value is -0.870. The fourth-order valence-corrected chi connectivity index (χ4v) is 3.22. The van der Waals surface area contributed by atoms with Gasteiger partial charge in [-0.15, -0.1) is 0 Å². The van der Waals surface area contributed by atoms with Crippen LogP contribution in [0.1, 0.15) is 38.2 Å². The minimum atomic E-state index is -3.36. The fourth-order valence-electron chi connectivity index (χ4n) is 1.81. The molecule has 1 unspecified atom stereocenters. The predicted molar refractivity (Wildman–Crippen MR) is 73.4 cm³/mol. The number of aliphatic hydroxyl groups is 1. The lowest BCUT2D eigenvalue weighted by Crippen LogP contribution is -2.21. The summed E-state index contributed by atoms with van der Waals surface area (Å²) in [6.07, 6.45) is 2.77. The van der Waals surface area contributed by atoms with Gasteiger partial charge in [0, 0.05) is 0 Å². The highest BCUT2D eigenvalue weighted by molar-refractivity contribution is 7.91. The standard InChI is InChI=1S/C14H22O3S/c1-3-4-5-6-13(15)11-18(16,17)14-9-7-12(2)8-10-14/h7-10,13,15H,3-6,11H2,1-2H3. The molecule has 0 spiro atoms. The van der Waals surface area contributed by atoms with E-state index in [2.05, 4.69) is 6.92 Å². The van der Waals surface area contributed by atoms with Gasteiger partial charge in [-0.25, -0.2) is 8.42 Å². The summed E-state index contributed by atoms with van der Waals surface area (Å²) in [6.45, 7) is 3.99. The first-order chi connectivity index (χ1) is 8.45. The first kappa shape index (κ1) is 15.2. The second-order valence-electron chi connectivity index (χ2n) is 4.74. The number of rotatable bonds is 7. The molecule has 1 atom stereocenters. The largest absolute Gasteiger partial charge is 0.392 e. The second-order valence-corrected chi connectivity index (χ2v) is 6.78.